The average molecular weight is 428 g/mol. The Kier molecular flexibility index (Phi) is 4.55. The van der Waals surface area contributed by atoms with E-state index in [1.807, 2.05) is 0 Å². The first kappa shape index (κ1) is 14.6. The number of rotatable bonds is 3. The molecular formula is C16H12Br2S2. The fourth-order valence-electron chi connectivity index (χ4n) is 2.28. The van der Waals surface area contributed by atoms with Crippen molar-refractivity contribution in [3.8, 4) is 0 Å². The topological polar surface area (TPSA) is 0 Å². The molecule has 3 rings (SSSR count). The molecular weight excluding hydrogens is 416 g/mol. The van der Waals surface area contributed by atoms with Crippen LogP contribution in [0.25, 0.3) is 10.1 Å². The molecule has 3 aromatic rings. The monoisotopic (exact) mass is 426 g/mol. The second-order valence-corrected chi connectivity index (χ2v) is 7.91. The Morgan fingerprint density at radius 3 is 2.65 bits per heavy atom. The molecule has 20 heavy (non-hydrogen) atoms. The lowest BCUT2D eigenvalue weighted by atomic mass is 10.0. The SMILES string of the molecule is CSc1ccccc1C(Br)c1csc2c(Br)cccc12. The molecule has 0 N–H and O–H groups in total. The molecule has 0 aliphatic carbocycles. The standard InChI is InChI=1S/C16H12Br2S2/c1-19-14-8-3-2-5-11(14)15(18)12-9-20-16-10(12)6-4-7-13(16)17/h2-9,15H,1H3. The number of hydrogen-bond acceptors (Lipinski definition) is 2. The van der Waals surface area contributed by atoms with Crippen LogP contribution in [0.4, 0.5) is 0 Å². The van der Waals surface area contributed by atoms with Crippen LogP contribution < -0.4 is 0 Å². The predicted octanol–water partition coefficient (Wildman–Crippen LogP) is 6.87. The first-order valence-electron chi connectivity index (χ1n) is 6.15. The summed E-state index contributed by atoms with van der Waals surface area (Å²) in [5.74, 6) is 0. The van der Waals surface area contributed by atoms with Gasteiger partial charge in [-0.1, -0.05) is 46.3 Å². The quantitative estimate of drug-likeness (QED) is 0.324. The van der Waals surface area contributed by atoms with Gasteiger partial charge in [0.1, 0.15) is 0 Å². The molecule has 0 spiro atoms. The largest absolute Gasteiger partial charge is 0.142 e. The van der Waals surface area contributed by atoms with Crippen LogP contribution in [0, 0.1) is 0 Å². The summed E-state index contributed by atoms with van der Waals surface area (Å²) in [6, 6.07) is 15.0. The van der Waals surface area contributed by atoms with Gasteiger partial charge in [0.2, 0.25) is 0 Å². The van der Waals surface area contributed by atoms with Gasteiger partial charge in [0.05, 0.1) is 4.83 Å². The summed E-state index contributed by atoms with van der Waals surface area (Å²) < 4.78 is 2.48. The molecule has 0 bridgehead atoms. The van der Waals surface area contributed by atoms with Crippen LogP contribution >= 0.6 is 55.0 Å². The zero-order chi connectivity index (χ0) is 14.1. The van der Waals surface area contributed by atoms with E-state index in [0.717, 1.165) is 0 Å². The minimum atomic E-state index is 0.231. The molecule has 2 aromatic carbocycles. The van der Waals surface area contributed by atoms with Crippen molar-refractivity contribution in [3.05, 3.63) is 63.4 Å². The van der Waals surface area contributed by atoms with E-state index in [4.69, 9.17) is 0 Å². The summed E-state index contributed by atoms with van der Waals surface area (Å²) in [7, 11) is 0. The van der Waals surface area contributed by atoms with Crippen molar-refractivity contribution in [1.82, 2.24) is 0 Å². The highest BCUT2D eigenvalue weighted by molar-refractivity contribution is 9.10. The van der Waals surface area contributed by atoms with Crippen LogP contribution in [0.3, 0.4) is 0 Å². The molecule has 1 heterocycles. The Labute approximate surface area is 143 Å². The summed E-state index contributed by atoms with van der Waals surface area (Å²) >= 11 is 11.1. The Hall–Kier alpha value is -0.290. The second kappa shape index (κ2) is 6.22. The lowest BCUT2D eigenvalue weighted by molar-refractivity contribution is 1.14. The van der Waals surface area contributed by atoms with Crippen LogP contribution in [-0.2, 0) is 0 Å². The second-order valence-electron chi connectivity index (χ2n) is 4.41. The lowest BCUT2D eigenvalue weighted by Gasteiger charge is -2.13. The molecule has 4 heteroatoms. The number of alkyl halides is 1. The highest BCUT2D eigenvalue weighted by Crippen LogP contribution is 2.43. The number of thioether (sulfide) groups is 1. The third-order valence-electron chi connectivity index (χ3n) is 3.27. The summed E-state index contributed by atoms with van der Waals surface area (Å²) in [4.78, 5) is 1.55. The van der Waals surface area contributed by atoms with Crippen LogP contribution in [-0.4, -0.2) is 6.26 Å². The van der Waals surface area contributed by atoms with Crippen molar-refractivity contribution in [2.24, 2.45) is 0 Å². The summed E-state index contributed by atoms with van der Waals surface area (Å²) in [5.41, 5.74) is 2.67. The highest BCUT2D eigenvalue weighted by Gasteiger charge is 2.18. The van der Waals surface area contributed by atoms with Crippen LogP contribution in [0.5, 0.6) is 0 Å². The third-order valence-corrected chi connectivity index (χ3v) is 7.04. The lowest BCUT2D eigenvalue weighted by Crippen LogP contribution is -1.93. The van der Waals surface area contributed by atoms with Crippen molar-refractivity contribution < 1.29 is 0 Å². The van der Waals surface area contributed by atoms with Gasteiger partial charge in [0, 0.05) is 14.1 Å². The first-order chi connectivity index (χ1) is 9.72. The Morgan fingerprint density at radius 1 is 1.05 bits per heavy atom. The van der Waals surface area contributed by atoms with Gasteiger partial charge in [-0.05, 0) is 56.2 Å². The van der Waals surface area contributed by atoms with E-state index in [2.05, 4.69) is 86.0 Å². The van der Waals surface area contributed by atoms with Crippen LogP contribution in [0.1, 0.15) is 16.0 Å². The summed E-state index contributed by atoms with van der Waals surface area (Å²) in [6.07, 6.45) is 2.13. The Bertz CT molecular complexity index is 749. The van der Waals surface area contributed by atoms with E-state index >= 15 is 0 Å². The van der Waals surface area contributed by atoms with E-state index < -0.39 is 0 Å². The first-order valence-corrected chi connectivity index (χ1v) is 9.96. The van der Waals surface area contributed by atoms with Gasteiger partial charge in [0.25, 0.3) is 0 Å². The van der Waals surface area contributed by atoms with Gasteiger partial charge in [-0.15, -0.1) is 23.1 Å². The highest BCUT2D eigenvalue weighted by atomic mass is 79.9. The number of hydrogen-bond donors (Lipinski definition) is 0. The molecule has 0 radical (unpaired) electrons. The maximum absolute atomic E-state index is 3.89. The maximum atomic E-state index is 3.89. The fraction of sp³-hybridized carbons (Fsp3) is 0.125. The van der Waals surface area contributed by atoms with E-state index in [-0.39, 0.29) is 4.83 Å². The third kappa shape index (κ3) is 2.59. The number of benzene rings is 2. The van der Waals surface area contributed by atoms with Gasteiger partial charge in [-0.3, -0.25) is 0 Å². The van der Waals surface area contributed by atoms with Crippen molar-refractivity contribution in [2.75, 3.05) is 6.26 Å². The zero-order valence-corrected chi connectivity index (χ0v) is 15.6. The van der Waals surface area contributed by atoms with Crippen molar-refractivity contribution in [2.45, 2.75) is 9.72 Å². The summed E-state index contributed by atoms with van der Waals surface area (Å²) in [5, 5.41) is 3.58. The molecule has 0 saturated heterocycles. The van der Waals surface area contributed by atoms with Gasteiger partial charge in [0.15, 0.2) is 0 Å². The molecule has 0 amide bonds. The normalized spacial score (nSPS) is 12.8. The Balaban J connectivity index is 2.13. The van der Waals surface area contributed by atoms with Crippen LogP contribution in [0.15, 0.2) is 57.2 Å². The van der Waals surface area contributed by atoms with E-state index in [1.54, 1.807) is 23.1 Å². The number of fused-ring (bicyclic) bond motifs is 1. The fourth-order valence-corrected chi connectivity index (χ4v) is 5.67. The minimum absolute atomic E-state index is 0.231. The molecule has 0 aliphatic rings. The van der Waals surface area contributed by atoms with Gasteiger partial charge in [-0.2, -0.15) is 0 Å². The Morgan fingerprint density at radius 2 is 1.85 bits per heavy atom. The van der Waals surface area contributed by atoms with Gasteiger partial charge < -0.3 is 0 Å². The van der Waals surface area contributed by atoms with Gasteiger partial charge >= 0.3 is 0 Å². The average Bonchev–Trinajstić information content (AvgIpc) is 2.92. The zero-order valence-electron chi connectivity index (χ0n) is 10.8. The molecule has 102 valence electrons. The molecule has 0 nitrogen and oxygen atoms in total. The van der Waals surface area contributed by atoms with Crippen molar-refractivity contribution in [1.29, 1.82) is 0 Å². The van der Waals surface area contributed by atoms with E-state index in [9.17, 15) is 0 Å². The molecule has 1 unspecified atom stereocenters. The van der Waals surface area contributed by atoms with E-state index in [1.165, 1.54) is 30.6 Å². The molecule has 0 saturated carbocycles. The maximum Gasteiger partial charge on any atom is 0.0669 e. The number of halogens is 2. The molecule has 0 aliphatic heterocycles. The van der Waals surface area contributed by atoms with Crippen molar-refractivity contribution >= 4 is 65.0 Å². The molecule has 0 fully saturated rings. The smallest absolute Gasteiger partial charge is 0.0669 e. The van der Waals surface area contributed by atoms with Gasteiger partial charge in [-0.25, -0.2) is 0 Å². The van der Waals surface area contributed by atoms with Crippen molar-refractivity contribution in [3.63, 3.8) is 0 Å². The predicted molar refractivity (Wildman–Crippen MR) is 98.5 cm³/mol. The molecule has 1 atom stereocenters. The van der Waals surface area contributed by atoms with E-state index in [0.29, 0.717) is 0 Å². The van der Waals surface area contributed by atoms with Crippen LogP contribution in [0.2, 0.25) is 0 Å². The molecule has 1 aromatic heterocycles. The minimum Gasteiger partial charge on any atom is -0.142 e. The number of thiophene rings is 1. The summed E-state index contributed by atoms with van der Waals surface area (Å²) in [6.45, 7) is 0.